The molecule has 448 valence electrons. The zero-order valence-electron chi connectivity index (χ0n) is 47.9. The Labute approximate surface area is 494 Å². The van der Waals surface area contributed by atoms with Crippen LogP contribution in [0.5, 0.6) is 11.5 Å². The first-order valence-corrected chi connectivity index (χ1v) is 31.6. The molecule has 1 aliphatic carbocycles. The molecule has 4 aliphatic heterocycles. The Bertz CT molecular complexity index is 3240. The minimum absolute atomic E-state index is 0.0750. The van der Waals surface area contributed by atoms with Gasteiger partial charge in [0.2, 0.25) is 0 Å². The van der Waals surface area contributed by atoms with Gasteiger partial charge >= 0.3 is 11.6 Å². The number of hydrogen-bond donors (Lipinski definition) is 3. The summed E-state index contributed by atoms with van der Waals surface area (Å²) in [5.41, 5.74) is 0.616. The van der Waals surface area contributed by atoms with E-state index in [1.165, 1.54) is 41.1 Å². The van der Waals surface area contributed by atoms with Gasteiger partial charge in [-0.05, 0) is 180 Å². The fourth-order valence-corrected chi connectivity index (χ4v) is 14.3. The van der Waals surface area contributed by atoms with Gasteiger partial charge in [-0.25, -0.2) is 22.9 Å². The number of likely N-dealkylation sites (tertiary alicyclic amines) is 2. The van der Waals surface area contributed by atoms with Crippen LogP contribution in [-0.4, -0.2) is 166 Å². The zero-order chi connectivity index (χ0) is 58.6. The van der Waals surface area contributed by atoms with Gasteiger partial charge < -0.3 is 39.2 Å². The number of aromatic amines is 1. The van der Waals surface area contributed by atoms with Crippen molar-refractivity contribution in [2.45, 2.75) is 100.0 Å². The monoisotopic (exact) mass is 1200 g/mol. The number of piperidine rings is 2. The molecule has 3 N–H and O–H groups in total. The molecule has 4 saturated heterocycles. The van der Waals surface area contributed by atoms with Gasteiger partial charge in [-0.1, -0.05) is 36.2 Å². The van der Waals surface area contributed by atoms with E-state index >= 15 is 0 Å². The number of rotatable bonds is 17. The van der Waals surface area contributed by atoms with E-state index in [-0.39, 0.29) is 38.8 Å². The molecule has 22 heteroatoms. The summed E-state index contributed by atoms with van der Waals surface area (Å²) in [5.74, 6) is -0.636. The Kier molecular flexibility index (Phi) is 18.7. The number of halogens is 4. The Hall–Kier alpha value is -5.55. The van der Waals surface area contributed by atoms with Crippen LogP contribution in [0.15, 0.2) is 101 Å². The lowest BCUT2D eigenvalue weighted by Crippen LogP contribution is -2.50. The average molecular weight is 1200 g/mol. The van der Waals surface area contributed by atoms with Crippen molar-refractivity contribution in [3.8, 4) is 11.5 Å². The highest BCUT2D eigenvalue weighted by atomic mass is 35.5. The number of allylic oxidation sites excluding steroid dienone is 1. The van der Waals surface area contributed by atoms with Gasteiger partial charge in [0, 0.05) is 111 Å². The number of anilines is 2. The van der Waals surface area contributed by atoms with Crippen molar-refractivity contribution >= 4 is 73.4 Å². The molecule has 1 unspecified atom stereocenters. The van der Waals surface area contributed by atoms with Crippen LogP contribution < -0.4 is 19.7 Å². The molecule has 4 fully saturated rings. The van der Waals surface area contributed by atoms with Gasteiger partial charge in [-0.15, -0.1) is 0 Å². The number of aromatic nitrogens is 2. The molecule has 2 amide bonds. The number of fused-ring (bicyclic) bond motifs is 1. The molecule has 2 aromatic heterocycles. The number of morpholine rings is 1. The number of piperazine rings is 1. The number of carbonyl (C=O) groups excluding carboxylic acids is 2. The van der Waals surface area contributed by atoms with E-state index in [0.717, 1.165) is 134 Å². The van der Waals surface area contributed by atoms with E-state index in [4.69, 9.17) is 25.8 Å². The topological polar surface area (TPSA) is 165 Å². The number of H-pyrrole nitrogens is 1. The zero-order valence-corrected chi connectivity index (χ0v) is 50.3. The first kappa shape index (κ1) is 60.6. The van der Waals surface area contributed by atoms with Crippen LogP contribution in [0.25, 0.3) is 16.6 Å². The van der Waals surface area contributed by atoms with E-state index in [1.54, 1.807) is 24.4 Å². The summed E-state index contributed by atoms with van der Waals surface area (Å²) in [6, 6.07) is 20.2. The third kappa shape index (κ3) is 15.9. The van der Waals surface area contributed by atoms with Crippen molar-refractivity contribution in [3.05, 3.63) is 107 Å². The van der Waals surface area contributed by atoms with Crippen molar-refractivity contribution < 1.29 is 45.4 Å². The van der Waals surface area contributed by atoms with Crippen LogP contribution in [0, 0.1) is 10.8 Å². The number of sulfonamides is 1. The number of benzene rings is 3. The number of carbonyl (C=O) groups is 2. The fraction of sp³-hybridized carbons (Fsp3) is 0.525. The molecule has 0 bridgehead atoms. The lowest BCUT2D eigenvalue weighted by Gasteiger charge is -2.49. The second kappa shape index (κ2) is 25.6. The molecule has 16 nitrogen and oxygen atoms in total. The van der Waals surface area contributed by atoms with E-state index in [2.05, 4.69) is 58.7 Å². The van der Waals surface area contributed by atoms with Gasteiger partial charge in [0.1, 0.15) is 22.7 Å². The molecule has 83 heavy (non-hydrogen) atoms. The minimum Gasteiger partial charge on any atom is -0.455 e. The Morgan fingerprint density at radius 1 is 0.843 bits per heavy atom. The Morgan fingerprint density at radius 3 is 2.28 bits per heavy atom. The summed E-state index contributed by atoms with van der Waals surface area (Å²) in [6.45, 7) is 20.4. The molecule has 0 radical (unpaired) electrons. The number of nitrogens with one attached hydrogen (secondary N) is 3. The average Bonchev–Trinajstić information content (AvgIpc) is 3.70. The molecule has 0 saturated carbocycles. The first-order chi connectivity index (χ1) is 39.6. The maximum absolute atomic E-state index is 14.2. The molecule has 10 rings (SSSR count). The quantitative estimate of drug-likeness (QED) is 0.0595. The third-order valence-corrected chi connectivity index (χ3v) is 19.4. The number of nitrogens with zero attached hydrogens (tertiary/aromatic N) is 6. The summed E-state index contributed by atoms with van der Waals surface area (Å²) in [4.78, 5) is 45.2. The summed E-state index contributed by atoms with van der Waals surface area (Å²) >= 11 is 5.98. The predicted octanol–water partition coefficient (Wildman–Crippen LogP) is 11.8. The Morgan fingerprint density at radius 2 is 1.57 bits per heavy atom. The fourth-order valence-electron chi connectivity index (χ4n) is 12.4. The highest BCUT2D eigenvalue weighted by molar-refractivity contribution is 8.00. The van der Waals surface area contributed by atoms with Crippen LogP contribution in [0.4, 0.5) is 29.3 Å². The van der Waals surface area contributed by atoms with Crippen LogP contribution >= 0.6 is 23.4 Å². The van der Waals surface area contributed by atoms with Crippen molar-refractivity contribution in [3.63, 3.8) is 0 Å². The predicted molar refractivity (Wildman–Crippen MR) is 320 cm³/mol. The van der Waals surface area contributed by atoms with Gasteiger partial charge in [-0.3, -0.25) is 14.6 Å². The van der Waals surface area contributed by atoms with Crippen molar-refractivity contribution in [2.24, 2.45) is 10.8 Å². The Balaban J connectivity index is 0.809. The number of hydrogen-bond acceptors (Lipinski definition) is 14. The lowest BCUT2D eigenvalue weighted by atomic mass is 9.69. The van der Waals surface area contributed by atoms with Crippen molar-refractivity contribution in [1.82, 2.24) is 34.3 Å². The summed E-state index contributed by atoms with van der Waals surface area (Å²) in [5, 5.41) is 4.51. The molecule has 5 aromatic rings. The SMILES string of the molecule is CC1(CN2CCC3(CC2)CCN(C(=O)OC(C)(C)C)CC3)CCC(c2ccc(Cl)cc2)=C(CN2CCN(c3ccc(C(=O)NS(=O)(=O)c4ccc(NCCCN5CCOCC5)c(SC(F)(F)F)c4)c(Oc4cnc5[nH]ccc5c4)c3)CC2)C1. The normalized spacial score (nSPS) is 20.7. The molecule has 1 spiro atoms. The van der Waals surface area contributed by atoms with E-state index in [0.29, 0.717) is 55.7 Å². The minimum atomic E-state index is -4.71. The molecule has 1 atom stereocenters. The van der Waals surface area contributed by atoms with Gasteiger partial charge in [0.05, 0.1) is 29.9 Å². The molecule has 5 aliphatic rings. The highest BCUT2D eigenvalue weighted by Gasteiger charge is 2.42. The molecule has 3 aromatic carbocycles. The van der Waals surface area contributed by atoms with Crippen LogP contribution in [-0.2, 0) is 19.5 Å². The lowest BCUT2D eigenvalue weighted by molar-refractivity contribution is -0.0328. The van der Waals surface area contributed by atoms with Crippen LogP contribution in [0.1, 0.15) is 95.0 Å². The number of thioether (sulfide) groups is 1. The first-order valence-electron chi connectivity index (χ1n) is 29.0. The van der Waals surface area contributed by atoms with E-state index < -0.39 is 43.7 Å². The third-order valence-electron chi connectivity index (χ3n) is 17.0. The summed E-state index contributed by atoms with van der Waals surface area (Å²) in [7, 11) is -4.69. The van der Waals surface area contributed by atoms with Gasteiger partial charge in [-0.2, -0.15) is 13.2 Å². The second-order valence-electron chi connectivity index (χ2n) is 24.3. The highest BCUT2D eigenvalue weighted by Crippen LogP contribution is 2.47. The largest absolute Gasteiger partial charge is 0.455 e. The maximum atomic E-state index is 14.2. The summed E-state index contributed by atoms with van der Waals surface area (Å²) < 4.78 is 89.2. The summed E-state index contributed by atoms with van der Waals surface area (Å²) in [6.07, 6.45) is 11.0. The smallest absolute Gasteiger partial charge is 0.446 e. The van der Waals surface area contributed by atoms with Crippen LogP contribution in [0.2, 0.25) is 5.02 Å². The van der Waals surface area contributed by atoms with Gasteiger partial charge in [0.25, 0.3) is 15.9 Å². The molecular weight excluding hydrogens is 1130 g/mol. The van der Waals surface area contributed by atoms with E-state index in [9.17, 15) is 31.2 Å². The van der Waals surface area contributed by atoms with Crippen molar-refractivity contribution in [2.75, 3.05) is 115 Å². The number of amides is 2. The van der Waals surface area contributed by atoms with Crippen LogP contribution in [0.3, 0.4) is 0 Å². The maximum Gasteiger partial charge on any atom is 0.446 e. The number of pyridine rings is 1. The second-order valence-corrected chi connectivity index (χ2v) is 27.6. The standard InChI is InChI=1S/C61H77ClF3N9O7S2/c1-58(2,3)81-57(76)74-26-19-60(20-27-74)17-24-72(25-18-60)42-59(4)16-14-50(43-6-8-46(62)9-7-43)45(39-59)41-71-28-30-73(31-29-71)47-10-12-51(53(37-47)80-48-36-44-15-22-67-55(44)68-40-48)56(75)69-83(77,78)49-11-13-52(54(38-49)82-61(63,64)65)66-21-5-23-70-32-34-79-35-33-70/h6-13,15,22,36-38,40,66H,5,14,16-21,23-35,39,41-42H2,1-4H3,(H,67,68)(H,69,75). The number of alkyl halides is 3. The molecule has 6 heterocycles. The van der Waals surface area contributed by atoms with Crippen molar-refractivity contribution in [1.29, 1.82) is 0 Å². The molecular formula is C61H77ClF3N9O7S2. The van der Waals surface area contributed by atoms with Gasteiger partial charge in [0.15, 0.2) is 0 Å². The van der Waals surface area contributed by atoms with E-state index in [1.807, 2.05) is 43.9 Å². The number of ether oxygens (including phenoxy) is 3.